The van der Waals surface area contributed by atoms with Crippen LogP contribution in [0.5, 0.6) is 0 Å². The van der Waals surface area contributed by atoms with Crippen molar-refractivity contribution in [1.82, 2.24) is 10.6 Å². The summed E-state index contributed by atoms with van der Waals surface area (Å²) in [6.45, 7) is 0.549. The number of carboxylic acids is 1. The Morgan fingerprint density at radius 2 is 2.00 bits per heavy atom. The van der Waals surface area contributed by atoms with E-state index in [1.165, 1.54) is 23.5 Å². The van der Waals surface area contributed by atoms with E-state index in [0.717, 1.165) is 9.35 Å². The molecule has 6 nitrogen and oxygen atoms in total. The minimum Gasteiger partial charge on any atom is -0.475 e. The molecule has 0 aliphatic carbocycles. The van der Waals surface area contributed by atoms with Gasteiger partial charge >= 0.3 is 12.0 Å². The van der Waals surface area contributed by atoms with Crippen molar-refractivity contribution in [3.63, 3.8) is 0 Å². The van der Waals surface area contributed by atoms with Gasteiger partial charge in [-0.05, 0) is 39.5 Å². The monoisotopic (exact) mass is 358 g/mol. The fourth-order valence-electron chi connectivity index (χ4n) is 1.43. The van der Waals surface area contributed by atoms with Gasteiger partial charge in [-0.15, -0.1) is 11.3 Å². The van der Waals surface area contributed by atoms with Crippen molar-refractivity contribution in [1.29, 1.82) is 0 Å². The Morgan fingerprint density at radius 1 is 1.25 bits per heavy atom. The molecule has 2 aromatic rings. The maximum absolute atomic E-state index is 11.6. The minimum atomic E-state index is -1.14. The summed E-state index contributed by atoms with van der Waals surface area (Å²) in [4.78, 5) is 23.2. The van der Waals surface area contributed by atoms with Crippen LogP contribution in [0.25, 0.3) is 0 Å². The lowest BCUT2D eigenvalue weighted by atomic mass is 10.4. The van der Waals surface area contributed by atoms with Crippen LogP contribution in [0.3, 0.4) is 0 Å². The summed E-state index contributed by atoms with van der Waals surface area (Å²) in [5.41, 5.74) is 0. The number of carboxylic acid groups (broad SMARTS) is 1. The van der Waals surface area contributed by atoms with Gasteiger partial charge in [-0.25, -0.2) is 9.59 Å². The number of aromatic carboxylic acids is 1. The number of carbonyl (C=O) groups is 2. The number of halogens is 1. The van der Waals surface area contributed by atoms with E-state index in [1.54, 1.807) is 0 Å². The third kappa shape index (κ3) is 3.84. The second-order valence-corrected chi connectivity index (χ2v) is 5.65. The molecule has 8 heteroatoms. The van der Waals surface area contributed by atoms with E-state index in [1.807, 2.05) is 11.4 Å². The molecule has 20 heavy (non-hydrogen) atoms. The van der Waals surface area contributed by atoms with Gasteiger partial charge in [0.1, 0.15) is 5.76 Å². The van der Waals surface area contributed by atoms with Crippen molar-refractivity contribution in [3.8, 4) is 0 Å². The summed E-state index contributed by atoms with van der Waals surface area (Å²) in [7, 11) is 0. The molecule has 0 spiro atoms. The molecule has 0 radical (unpaired) electrons. The molecule has 0 unspecified atom stereocenters. The molecular weight excluding hydrogens is 348 g/mol. The van der Waals surface area contributed by atoms with Crippen LogP contribution in [0.15, 0.2) is 32.5 Å². The molecule has 2 rings (SSSR count). The van der Waals surface area contributed by atoms with E-state index in [-0.39, 0.29) is 18.3 Å². The summed E-state index contributed by atoms with van der Waals surface area (Å²) in [6, 6.07) is 4.42. The van der Waals surface area contributed by atoms with Gasteiger partial charge in [-0.2, -0.15) is 0 Å². The number of hydrogen-bond acceptors (Lipinski definition) is 4. The van der Waals surface area contributed by atoms with Crippen molar-refractivity contribution in [2.24, 2.45) is 0 Å². The highest BCUT2D eigenvalue weighted by molar-refractivity contribution is 9.10. The van der Waals surface area contributed by atoms with Gasteiger partial charge in [0.05, 0.1) is 13.1 Å². The van der Waals surface area contributed by atoms with E-state index in [9.17, 15) is 9.59 Å². The normalized spacial score (nSPS) is 10.2. The molecule has 0 saturated heterocycles. The van der Waals surface area contributed by atoms with Gasteiger partial charge < -0.3 is 20.2 Å². The molecule has 0 atom stereocenters. The first-order valence-electron chi connectivity index (χ1n) is 5.62. The van der Waals surface area contributed by atoms with Crippen molar-refractivity contribution < 1.29 is 19.1 Å². The van der Waals surface area contributed by atoms with Crippen molar-refractivity contribution >= 4 is 39.3 Å². The molecule has 0 aliphatic rings. The average Bonchev–Trinajstić information content (AvgIpc) is 3.03. The lowest BCUT2D eigenvalue weighted by Crippen LogP contribution is -2.34. The van der Waals surface area contributed by atoms with Gasteiger partial charge in [0.2, 0.25) is 5.76 Å². The molecule has 0 saturated carbocycles. The maximum atomic E-state index is 11.6. The highest BCUT2D eigenvalue weighted by atomic mass is 79.9. The lowest BCUT2D eigenvalue weighted by Gasteiger charge is -2.05. The number of amides is 2. The topological polar surface area (TPSA) is 91.6 Å². The van der Waals surface area contributed by atoms with Gasteiger partial charge in [0.15, 0.2) is 0 Å². The summed E-state index contributed by atoms with van der Waals surface area (Å²) >= 11 is 4.92. The maximum Gasteiger partial charge on any atom is 0.371 e. The molecule has 2 amide bonds. The number of rotatable bonds is 5. The van der Waals surface area contributed by atoms with Gasteiger partial charge in [-0.1, -0.05) is 0 Å². The van der Waals surface area contributed by atoms with Gasteiger partial charge in [-0.3, -0.25) is 0 Å². The zero-order chi connectivity index (χ0) is 14.5. The fraction of sp³-hybridized carbons (Fsp3) is 0.167. The van der Waals surface area contributed by atoms with E-state index < -0.39 is 5.97 Å². The van der Waals surface area contributed by atoms with Crippen LogP contribution in [-0.4, -0.2) is 17.1 Å². The number of nitrogens with one attached hydrogen (secondary N) is 2. The molecule has 106 valence electrons. The van der Waals surface area contributed by atoms with Crippen LogP contribution < -0.4 is 10.6 Å². The smallest absolute Gasteiger partial charge is 0.371 e. The summed E-state index contributed by atoms with van der Waals surface area (Å²) in [5.74, 6) is -0.900. The standard InChI is InChI=1S/C12H11BrN2O4S/c13-8-3-4-20-10(8)6-15-12(18)14-5-7-1-2-9(19-7)11(16)17/h1-4H,5-6H2,(H,16,17)(H2,14,15,18). The Hall–Kier alpha value is -1.80. The third-order valence-electron chi connectivity index (χ3n) is 2.40. The molecule has 0 aromatic carbocycles. The molecular formula is C12H11BrN2O4S. The van der Waals surface area contributed by atoms with E-state index in [2.05, 4.69) is 26.6 Å². The van der Waals surface area contributed by atoms with E-state index >= 15 is 0 Å². The SMILES string of the molecule is O=C(NCc1ccc(C(=O)O)o1)NCc1sccc1Br. The first kappa shape index (κ1) is 14.6. The lowest BCUT2D eigenvalue weighted by molar-refractivity contribution is 0.0660. The van der Waals surface area contributed by atoms with E-state index in [0.29, 0.717) is 12.3 Å². The quantitative estimate of drug-likeness (QED) is 0.766. The minimum absolute atomic E-state index is 0.130. The molecule has 2 aromatic heterocycles. The van der Waals surface area contributed by atoms with Crippen LogP contribution in [0.2, 0.25) is 0 Å². The first-order chi connectivity index (χ1) is 9.56. The second kappa shape index (κ2) is 6.58. The van der Waals surface area contributed by atoms with Crippen LogP contribution >= 0.6 is 27.3 Å². The zero-order valence-electron chi connectivity index (χ0n) is 10.2. The second-order valence-electron chi connectivity index (χ2n) is 3.80. The number of furan rings is 1. The van der Waals surface area contributed by atoms with Crippen LogP contribution in [0.1, 0.15) is 21.2 Å². The van der Waals surface area contributed by atoms with E-state index in [4.69, 9.17) is 9.52 Å². The molecule has 3 N–H and O–H groups in total. The van der Waals surface area contributed by atoms with Crippen LogP contribution in [-0.2, 0) is 13.1 Å². The third-order valence-corrected chi connectivity index (χ3v) is 4.32. The van der Waals surface area contributed by atoms with Crippen LogP contribution in [0, 0.1) is 0 Å². The fourth-order valence-corrected chi connectivity index (χ4v) is 2.86. The van der Waals surface area contributed by atoms with Crippen LogP contribution in [0.4, 0.5) is 4.79 Å². The van der Waals surface area contributed by atoms with Gasteiger partial charge in [0, 0.05) is 9.35 Å². The predicted molar refractivity (Wildman–Crippen MR) is 76.8 cm³/mol. The summed E-state index contributed by atoms with van der Waals surface area (Å²) < 4.78 is 5.98. The predicted octanol–water partition coefficient (Wildman–Crippen LogP) is 2.80. The van der Waals surface area contributed by atoms with Gasteiger partial charge in [0.25, 0.3) is 0 Å². The van der Waals surface area contributed by atoms with Crippen molar-refractivity contribution in [3.05, 3.63) is 44.4 Å². The number of thiophene rings is 1. The highest BCUT2D eigenvalue weighted by Crippen LogP contribution is 2.22. The van der Waals surface area contributed by atoms with Crippen molar-refractivity contribution in [2.75, 3.05) is 0 Å². The largest absolute Gasteiger partial charge is 0.475 e. The molecule has 2 heterocycles. The van der Waals surface area contributed by atoms with Crippen molar-refractivity contribution in [2.45, 2.75) is 13.1 Å². The average molecular weight is 359 g/mol. The highest BCUT2D eigenvalue weighted by Gasteiger charge is 2.10. The Labute approximate surface area is 126 Å². The first-order valence-corrected chi connectivity index (χ1v) is 7.29. The number of hydrogen-bond donors (Lipinski definition) is 3. The molecule has 0 fully saturated rings. The molecule has 0 bridgehead atoms. The summed E-state index contributed by atoms with van der Waals surface area (Å²) in [5, 5.41) is 15.9. The summed E-state index contributed by atoms with van der Waals surface area (Å²) in [6.07, 6.45) is 0. The Balaban J connectivity index is 1.77. The zero-order valence-corrected chi connectivity index (χ0v) is 12.6. The molecule has 0 aliphatic heterocycles. The Bertz CT molecular complexity index is 623. The Kier molecular flexibility index (Phi) is 4.80. The number of urea groups is 1. The number of carbonyl (C=O) groups excluding carboxylic acids is 1. The Morgan fingerprint density at radius 3 is 2.60 bits per heavy atom.